The zero-order valence-electron chi connectivity index (χ0n) is 6.83. The van der Waals surface area contributed by atoms with E-state index in [-0.39, 0.29) is 39.0 Å². The molecule has 0 saturated carbocycles. The van der Waals surface area contributed by atoms with Gasteiger partial charge in [-0.25, -0.2) is 0 Å². The Morgan fingerprint density at radius 1 is 0.412 bits per heavy atom. The summed E-state index contributed by atoms with van der Waals surface area (Å²) in [5.74, 6) is 0. The number of hydrogen-bond donors (Lipinski definition) is 0. The quantitative estimate of drug-likeness (QED) is 0.179. The van der Waals surface area contributed by atoms with Gasteiger partial charge in [0.25, 0.3) is 0 Å². The van der Waals surface area contributed by atoms with Crippen LogP contribution in [-0.4, -0.2) is 52.6 Å². The second-order valence-corrected chi connectivity index (χ2v) is 3.67. The molecular formula is O12Ru2S3. The molecule has 0 aromatic heterocycles. The first-order valence-electron chi connectivity index (χ1n) is 2.00. The second-order valence-electron chi connectivity index (χ2n) is 1.22. The van der Waals surface area contributed by atoms with Crippen LogP contribution in [0.25, 0.3) is 0 Å². The molecule has 0 N–H and O–H groups in total. The Morgan fingerprint density at radius 3 is 0.412 bits per heavy atom. The van der Waals surface area contributed by atoms with E-state index in [0.717, 1.165) is 0 Å². The first-order valence-corrected chi connectivity index (χ1v) is 6.00. The Labute approximate surface area is 122 Å². The molecule has 0 aliphatic heterocycles. The van der Waals surface area contributed by atoms with Crippen molar-refractivity contribution in [1.82, 2.24) is 0 Å². The minimum Gasteiger partial charge on any atom is -0.759 e. The summed E-state index contributed by atoms with van der Waals surface area (Å²) in [5, 5.41) is 0. The summed E-state index contributed by atoms with van der Waals surface area (Å²) in [6.45, 7) is 0. The van der Waals surface area contributed by atoms with Crippen LogP contribution in [0.5, 0.6) is 0 Å². The Morgan fingerprint density at radius 2 is 0.412 bits per heavy atom. The Hall–Kier alpha value is 0.857. The summed E-state index contributed by atoms with van der Waals surface area (Å²) in [5.41, 5.74) is 0. The normalized spacial score (nSPS) is 10.2. The van der Waals surface area contributed by atoms with Crippen molar-refractivity contribution in [2.24, 2.45) is 0 Å². The van der Waals surface area contributed by atoms with Gasteiger partial charge in [0.2, 0.25) is 0 Å². The van der Waals surface area contributed by atoms with Gasteiger partial charge in [0.1, 0.15) is 0 Å². The Balaban J connectivity index is -0.0000000400. The molecule has 0 saturated heterocycles. The summed E-state index contributed by atoms with van der Waals surface area (Å²) in [6.07, 6.45) is 0. The molecule has 17 heteroatoms. The smallest absolute Gasteiger partial charge is 0.759 e. The molecule has 0 aromatic rings. The van der Waals surface area contributed by atoms with Crippen LogP contribution < -0.4 is 0 Å². The number of hydrogen-bond acceptors (Lipinski definition) is 12. The van der Waals surface area contributed by atoms with Crippen LogP contribution in [0.15, 0.2) is 0 Å². The first kappa shape index (κ1) is 30.7. The summed E-state index contributed by atoms with van der Waals surface area (Å²) in [4.78, 5) is 0. The fraction of sp³-hybridized carbons (Fsp3) is 0. The van der Waals surface area contributed by atoms with Gasteiger partial charge in [-0.1, -0.05) is 0 Å². The van der Waals surface area contributed by atoms with E-state index < -0.39 is 31.2 Å². The van der Waals surface area contributed by atoms with Crippen LogP contribution in [0.1, 0.15) is 0 Å². The average Bonchev–Trinajstić information content (AvgIpc) is 1.41. The summed E-state index contributed by atoms with van der Waals surface area (Å²) >= 11 is 0. The molecule has 17 heavy (non-hydrogen) atoms. The van der Waals surface area contributed by atoms with Gasteiger partial charge in [-0.05, 0) is 0 Å². The Kier molecular flexibility index (Phi) is 21.5. The maximum absolute atomic E-state index is 8.52. The van der Waals surface area contributed by atoms with Gasteiger partial charge in [-0.2, -0.15) is 0 Å². The molecule has 0 aliphatic rings. The van der Waals surface area contributed by atoms with Crippen LogP contribution in [0.4, 0.5) is 0 Å². The third-order valence-corrected chi connectivity index (χ3v) is 0. The zero-order valence-corrected chi connectivity index (χ0v) is 12.8. The van der Waals surface area contributed by atoms with Crippen molar-refractivity contribution >= 4 is 31.2 Å². The second kappa shape index (κ2) is 11.9. The largest absolute Gasteiger partial charge is 3.00 e. The fourth-order valence-electron chi connectivity index (χ4n) is 0. The molecule has 0 aromatic carbocycles. The van der Waals surface area contributed by atoms with Crippen LogP contribution in [0.3, 0.4) is 0 Å². The molecule has 0 rings (SSSR count). The van der Waals surface area contributed by atoms with E-state index in [4.69, 9.17) is 52.6 Å². The van der Waals surface area contributed by atoms with Gasteiger partial charge in [-0.15, -0.1) is 0 Å². The van der Waals surface area contributed by atoms with Gasteiger partial charge < -0.3 is 27.3 Å². The van der Waals surface area contributed by atoms with E-state index in [9.17, 15) is 0 Å². The fourth-order valence-corrected chi connectivity index (χ4v) is 0. The van der Waals surface area contributed by atoms with E-state index in [2.05, 4.69) is 0 Å². The van der Waals surface area contributed by atoms with Crippen molar-refractivity contribution in [2.75, 3.05) is 0 Å². The van der Waals surface area contributed by atoms with E-state index in [1.54, 1.807) is 0 Å². The molecule has 2 radical (unpaired) electrons. The van der Waals surface area contributed by atoms with Crippen molar-refractivity contribution in [1.29, 1.82) is 0 Å². The predicted molar refractivity (Wildman–Crippen MR) is 31.4 cm³/mol. The van der Waals surface area contributed by atoms with Crippen molar-refractivity contribution in [3.05, 3.63) is 0 Å². The molecule has 0 fully saturated rings. The van der Waals surface area contributed by atoms with Crippen molar-refractivity contribution in [3.8, 4) is 0 Å². The van der Waals surface area contributed by atoms with E-state index in [1.807, 2.05) is 0 Å². The summed E-state index contributed by atoms with van der Waals surface area (Å²) in [7, 11) is -15.5. The monoisotopic (exact) mass is 492 g/mol. The third-order valence-electron chi connectivity index (χ3n) is 0. The minimum atomic E-state index is -5.17. The molecule has 0 amide bonds. The van der Waals surface area contributed by atoms with E-state index in [0.29, 0.717) is 0 Å². The summed E-state index contributed by atoms with van der Waals surface area (Å²) in [6, 6.07) is 0. The SMILES string of the molecule is O=S(=O)([O-])[O-].O=S(=O)([O-])[O-].O=S(=O)([O-])[O-].[Ru+3].[Ru+3]. The molecule has 0 bridgehead atoms. The zero-order chi connectivity index (χ0) is 13.5. The van der Waals surface area contributed by atoms with Gasteiger partial charge in [-0.3, -0.25) is 25.3 Å². The molecular weight excluding hydrogens is 490 g/mol. The van der Waals surface area contributed by atoms with Gasteiger partial charge in [0, 0.05) is 31.2 Å². The maximum Gasteiger partial charge on any atom is 3.00 e. The van der Waals surface area contributed by atoms with Crippen molar-refractivity contribution in [2.45, 2.75) is 0 Å². The third kappa shape index (κ3) is 5070. The first-order chi connectivity index (χ1) is 6.00. The van der Waals surface area contributed by atoms with Crippen LogP contribution in [0, 0.1) is 0 Å². The number of rotatable bonds is 0. The molecule has 0 aliphatic carbocycles. The Bertz CT molecular complexity index is 341. The van der Waals surface area contributed by atoms with Crippen LogP contribution in [-0.2, 0) is 70.2 Å². The standard InChI is InChI=1S/3H2O4S.2Ru/c3*1-5(2,3)4;;/h3*(H2,1,2,3,4);;/q;;;2*+3/p-6. The topological polar surface area (TPSA) is 241 Å². The van der Waals surface area contributed by atoms with E-state index in [1.165, 1.54) is 0 Å². The van der Waals surface area contributed by atoms with Gasteiger partial charge in [0.05, 0.1) is 0 Å². The van der Waals surface area contributed by atoms with Crippen molar-refractivity contribution < 1.29 is 91.5 Å². The van der Waals surface area contributed by atoms with Gasteiger partial charge >= 0.3 is 39.0 Å². The van der Waals surface area contributed by atoms with Crippen LogP contribution in [0.2, 0.25) is 0 Å². The van der Waals surface area contributed by atoms with Gasteiger partial charge in [0.15, 0.2) is 0 Å². The maximum atomic E-state index is 8.52. The molecule has 0 heterocycles. The molecule has 0 spiro atoms. The molecule has 106 valence electrons. The van der Waals surface area contributed by atoms with Crippen LogP contribution >= 0.6 is 0 Å². The molecule has 12 nitrogen and oxygen atoms in total. The van der Waals surface area contributed by atoms with Crippen molar-refractivity contribution in [3.63, 3.8) is 0 Å². The average molecular weight is 490 g/mol. The van der Waals surface area contributed by atoms with E-state index >= 15 is 0 Å². The predicted octanol–water partition coefficient (Wildman–Crippen LogP) is -4.02. The summed E-state index contributed by atoms with van der Waals surface area (Å²) < 4.78 is 102. The minimum absolute atomic E-state index is 0. The molecule has 0 atom stereocenters. The molecule has 0 unspecified atom stereocenters.